The van der Waals surface area contributed by atoms with Crippen molar-refractivity contribution in [2.75, 3.05) is 6.54 Å². The highest BCUT2D eigenvalue weighted by Crippen LogP contribution is 1.98. The van der Waals surface area contributed by atoms with Gasteiger partial charge >= 0.3 is 0 Å². The molecule has 13 heavy (non-hydrogen) atoms. The van der Waals surface area contributed by atoms with Crippen molar-refractivity contribution in [3.05, 3.63) is 0 Å². The van der Waals surface area contributed by atoms with E-state index in [-0.39, 0.29) is 18.3 Å². The molecule has 0 heterocycles. The second-order valence-corrected chi connectivity index (χ2v) is 5.62. The Morgan fingerprint density at radius 3 is 2.23 bits per heavy atom. The minimum absolute atomic E-state index is 0.00791. The minimum atomic E-state index is -3.23. The average molecular weight is 207 g/mol. The number of nitrogens with two attached hydrogens (primary N) is 1. The molecule has 1 atom stereocenters. The molecule has 0 bridgehead atoms. The topological polar surface area (TPSA) is 96.0 Å². The van der Waals surface area contributed by atoms with Crippen molar-refractivity contribution >= 4 is 15.9 Å². The smallest absolute Gasteiger partial charge is 0.213 e. The summed E-state index contributed by atoms with van der Waals surface area (Å²) in [4.78, 5) is 0. The SMILES string of the molecule is CC(CNS(=O)(=O)C(C)C)C(=N)N. The Kier molecular flexibility index (Phi) is 4.35. The number of amidine groups is 1. The lowest BCUT2D eigenvalue weighted by Gasteiger charge is -2.13. The maximum absolute atomic E-state index is 11.2. The van der Waals surface area contributed by atoms with Crippen molar-refractivity contribution in [3.8, 4) is 0 Å². The lowest BCUT2D eigenvalue weighted by atomic mass is 10.2. The van der Waals surface area contributed by atoms with Crippen molar-refractivity contribution in [2.45, 2.75) is 26.0 Å². The molecule has 78 valence electrons. The van der Waals surface area contributed by atoms with Crippen LogP contribution in [-0.2, 0) is 10.0 Å². The summed E-state index contributed by atoms with van der Waals surface area (Å²) in [6.45, 7) is 5.09. The van der Waals surface area contributed by atoms with Gasteiger partial charge in [0.25, 0.3) is 0 Å². The normalized spacial score (nSPS) is 14.5. The summed E-state index contributed by atoms with van der Waals surface area (Å²) in [5.74, 6) is -0.264. The van der Waals surface area contributed by atoms with Crippen LogP contribution in [0.5, 0.6) is 0 Å². The second-order valence-electron chi connectivity index (χ2n) is 3.30. The minimum Gasteiger partial charge on any atom is -0.387 e. The van der Waals surface area contributed by atoms with Gasteiger partial charge in [0, 0.05) is 12.5 Å². The first kappa shape index (κ1) is 12.4. The van der Waals surface area contributed by atoms with Gasteiger partial charge in [-0.2, -0.15) is 0 Å². The summed E-state index contributed by atoms with van der Waals surface area (Å²) in [5, 5.41) is 6.61. The number of nitrogens with one attached hydrogen (secondary N) is 2. The molecule has 0 aliphatic rings. The molecule has 0 saturated heterocycles. The zero-order chi connectivity index (χ0) is 10.6. The van der Waals surface area contributed by atoms with Crippen molar-refractivity contribution in [2.24, 2.45) is 11.7 Å². The van der Waals surface area contributed by atoms with E-state index in [0.717, 1.165) is 0 Å². The van der Waals surface area contributed by atoms with E-state index in [1.54, 1.807) is 20.8 Å². The fraction of sp³-hybridized carbons (Fsp3) is 0.857. The van der Waals surface area contributed by atoms with Crippen LogP contribution in [0.25, 0.3) is 0 Å². The zero-order valence-corrected chi connectivity index (χ0v) is 8.98. The van der Waals surface area contributed by atoms with Crippen LogP contribution in [0.4, 0.5) is 0 Å². The van der Waals surface area contributed by atoms with Gasteiger partial charge in [0.15, 0.2) is 0 Å². The lowest BCUT2D eigenvalue weighted by molar-refractivity contribution is 0.565. The average Bonchev–Trinajstić information content (AvgIpc) is 1.99. The van der Waals surface area contributed by atoms with Gasteiger partial charge in [0.05, 0.1) is 11.1 Å². The van der Waals surface area contributed by atoms with Gasteiger partial charge in [-0.15, -0.1) is 0 Å². The maximum atomic E-state index is 11.2. The summed E-state index contributed by atoms with van der Waals surface area (Å²) in [6.07, 6.45) is 0. The Morgan fingerprint density at radius 1 is 1.46 bits per heavy atom. The zero-order valence-electron chi connectivity index (χ0n) is 8.16. The van der Waals surface area contributed by atoms with Crippen LogP contribution in [0.1, 0.15) is 20.8 Å². The molecule has 6 heteroatoms. The van der Waals surface area contributed by atoms with Crippen LogP contribution in [0.2, 0.25) is 0 Å². The number of sulfonamides is 1. The van der Waals surface area contributed by atoms with Crippen LogP contribution < -0.4 is 10.5 Å². The highest BCUT2D eigenvalue weighted by atomic mass is 32.2. The fourth-order valence-electron chi connectivity index (χ4n) is 0.518. The summed E-state index contributed by atoms with van der Waals surface area (Å²) >= 11 is 0. The van der Waals surface area contributed by atoms with Gasteiger partial charge in [-0.1, -0.05) is 6.92 Å². The third-order valence-corrected chi connectivity index (χ3v) is 3.55. The summed E-state index contributed by atoms with van der Waals surface area (Å²) in [5.41, 5.74) is 5.19. The van der Waals surface area contributed by atoms with Crippen LogP contribution in [0, 0.1) is 11.3 Å². The standard InChI is InChI=1S/C7H17N3O2S/c1-5(2)13(11,12)10-4-6(3)7(8)9/h5-6,10H,4H2,1-3H3,(H3,8,9). The molecule has 0 aromatic heterocycles. The van der Waals surface area contributed by atoms with Crippen molar-refractivity contribution in [1.29, 1.82) is 5.41 Å². The lowest BCUT2D eigenvalue weighted by Crippen LogP contribution is -2.37. The molecule has 0 rings (SSSR count). The molecule has 0 aliphatic heterocycles. The van der Waals surface area contributed by atoms with Gasteiger partial charge in [0.2, 0.25) is 10.0 Å². The number of hydrogen-bond donors (Lipinski definition) is 3. The van der Waals surface area contributed by atoms with Crippen LogP contribution >= 0.6 is 0 Å². The molecule has 0 radical (unpaired) electrons. The largest absolute Gasteiger partial charge is 0.387 e. The van der Waals surface area contributed by atoms with E-state index >= 15 is 0 Å². The van der Waals surface area contributed by atoms with Gasteiger partial charge < -0.3 is 5.73 Å². The van der Waals surface area contributed by atoms with E-state index in [2.05, 4.69) is 4.72 Å². The van der Waals surface area contributed by atoms with E-state index in [1.807, 2.05) is 0 Å². The summed E-state index contributed by atoms with van der Waals surface area (Å²) < 4.78 is 24.9. The molecule has 0 aromatic carbocycles. The molecule has 0 aromatic rings. The summed E-state index contributed by atoms with van der Waals surface area (Å²) in [6, 6.07) is 0. The maximum Gasteiger partial charge on any atom is 0.213 e. The molecule has 4 N–H and O–H groups in total. The van der Waals surface area contributed by atoms with Crippen LogP contribution in [-0.4, -0.2) is 26.0 Å². The number of hydrogen-bond acceptors (Lipinski definition) is 3. The predicted molar refractivity (Wildman–Crippen MR) is 53.1 cm³/mol. The third-order valence-electron chi connectivity index (χ3n) is 1.74. The first-order chi connectivity index (χ1) is 5.77. The third kappa shape index (κ3) is 4.23. The van der Waals surface area contributed by atoms with Gasteiger partial charge in [-0.3, -0.25) is 5.41 Å². The van der Waals surface area contributed by atoms with E-state index in [9.17, 15) is 8.42 Å². The Hall–Kier alpha value is -0.620. The van der Waals surface area contributed by atoms with E-state index in [1.165, 1.54) is 0 Å². The molecular weight excluding hydrogens is 190 g/mol. The molecule has 1 unspecified atom stereocenters. The highest BCUT2D eigenvalue weighted by Gasteiger charge is 2.16. The molecule has 0 spiro atoms. The monoisotopic (exact) mass is 207 g/mol. The Morgan fingerprint density at radius 2 is 1.92 bits per heavy atom. The number of rotatable bonds is 5. The van der Waals surface area contributed by atoms with Crippen LogP contribution in [0.3, 0.4) is 0 Å². The van der Waals surface area contributed by atoms with E-state index in [0.29, 0.717) is 0 Å². The molecule has 5 nitrogen and oxygen atoms in total. The molecule has 0 saturated carbocycles. The molecule has 0 amide bonds. The van der Waals surface area contributed by atoms with Crippen LogP contribution in [0.15, 0.2) is 0 Å². The first-order valence-corrected chi connectivity index (χ1v) is 5.64. The van der Waals surface area contributed by atoms with Gasteiger partial charge in [-0.25, -0.2) is 13.1 Å². The first-order valence-electron chi connectivity index (χ1n) is 4.09. The van der Waals surface area contributed by atoms with Crippen molar-refractivity contribution in [1.82, 2.24) is 4.72 Å². The van der Waals surface area contributed by atoms with E-state index < -0.39 is 15.3 Å². The van der Waals surface area contributed by atoms with Crippen molar-refractivity contribution < 1.29 is 8.42 Å². The fourth-order valence-corrected chi connectivity index (χ4v) is 1.33. The Bertz CT molecular complexity index is 271. The van der Waals surface area contributed by atoms with Crippen molar-refractivity contribution in [3.63, 3.8) is 0 Å². The second kappa shape index (κ2) is 4.57. The Labute approximate surface area is 79.3 Å². The molecular formula is C7H17N3O2S. The quantitative estimate of drug-likeness (QED) is 0.433. The summed E-state index contributed by atoms with van der Waals surface area (Å²) in [7, 11) is -3.23. The van der Waals surface area contributed by atoms with Gasteiger partial charge in [-0.05, 0) is 13.8 Å². The molecule has 0 aliphatic carbocycles. The highest BCUT2D eigenvalue weighted by molar-refractivity contribution is 7.90. The van der Waals surface area contributed by atoms with E-state index in [4.69, 9.17) is 11.1 Å². The Balaban J connectivity index is 4.11. The van der Waals surface area contributed by atoms with Gasteiger partial charge in [0.1, 0.15) is 0 Å². The predicted octanol–water partition coefficient (Wildman–Crippen LogP) is -0.114. The molecule has 0 fully saturated rings.